The van der Waals surface area contributed by atoms with E-state index in [0.717, 1.165) is 42.7 Å². The molecule has 0 spiro atoms. The van der Waals surface area contributed by atoms with Crippen LogP contribution in [-0.2, 0) is 13.0 Å². The van der Waals surface area contributed by atoms with Gasteiger partial charge in [-0.2, -0.15) is 0 Å². The monoisotopic (exact) mass is 384 g/mol. The van der Waals surface area contributed by atoms with Gasteiger partial charge in [-0.05, 0) is 35.6 Å². The first kappa shape index (κ1) is 20.4. The van der Waals surface area contributed by atoms with Crippen LogP contribution < -0.4 is 15.0 Å². The van der Waals surface area contributed by atoms with E-state index < -0.39 is 0 Å². The van der Waals surface area contributed by atoms with Crippen LogP contribution in [0.5, 0.6) is 5.75 Å². The molecule has 1 atom stereocenters. The van der Waals surface area contributed by atoms with Crippen molar-refractivity contribution in [2.75, 3.05) is 30.5 Å². The minimum Gasteiger partial charge on any atom is -0.497 e. The number of benzene rings is 1. The largest absolute Gasteiger partial charge is 0.497 e. The predicted octanol–water partition coefficient (Wildman–Crippen LogP) is 3.60. The maximum Gasteiger partial charge on any atom is 0.135 e. The quantitative estimate of drug-likeness (QED) is 0.760. The second-order valence-electron chi connectivity index (χ2n) is 8.11. The van der Waals surface area contributed by atoms with E-state index in [4.69, 9.17) is 9.72 Å². The first-order valence-corrected chi connectivity index (χ1v) is 10.1. The van der Waals surface area contributed by atoms with Crippen LogP contribution in [-0.4, -0.2) is 41.4 Å². The molecule has 152 valence electrons. The van der Waals surface area contributed by atoms with E-state index in [1.807, 2.05) is 12.1 Å². The molecular formula is C22H32N4O2. The van der Waals surface area contributed by atoms with Crippen LogP contribution in [0.3, 0.4) is 0 Å². The molecule has 0 radical (unpaired) electrons. The van der Waals surface area contributed by atoms with Gasteiger partial charge in [-0.1, -0.05) is 33.8 Å². The molecule has 1 aromatic carbocycles. The number of anilines is 2. The average molecular weight is 385 g/mol. The van der Waals surface area contributed by atoms with Gasteiger partial charge in [-0.3, -0.25) is 0 Å². The lowest BCUT2D eigenvalue weighted by molar-refractivity contribution is 0.249. The van der Waals surface area contributed by atoms with Crippen molar-refractivity contribution in [1.29, 1.82) is 0 Å². The van der Waals surface area contributed by atoms with Crippen LogP contribution in [0.25, 0.3) is 0 Å². The summed E-state index contributed by atoms with van der Waals surface area (Å²) in [5.74, 6) is 3.98. The molecule has 2 aromatic rings. The van der Waals surface area contributed by atoms with E-state index in [2.05, 4.69) is 55.0 Å². The van der Waals surface area contributed by atoms with Crippen molar-refractivity contribution in [3.63, 3.8) is 0 Å². The Morgan fingerprint density at radius 1 is 1.14 bits per heavy atom. The number of hydrogen-bond acceptors (Lipinski definition) is 6. The van der Waals surface area contributed by atoms with Crippen molar-refractivity contribution in [2.24, 2.45) is 5.92 Å². The molecule has 1 aliphatic rings. The minimum atomic E-state index is -0.0303. The zero-order chi connectivity index (χ0) is 20.3. The fourth-order valence-corrected chi connectivity index (χ4v) is 3.41. The first-order valence-electron chi connectivity index (χ1n) is 10.1. The Morgan fingerprint density at radius 3 is 2.57 bits per heavy atom. The normalized spacial score (nSPS) is 14.9. The highest BCUT2D eigenvalue weighted by Gasteiger charge is 2.21. The molecule has 0 saturated heterocycles. The van der Waals surface area contributed by atoms with E-state index in [9.17, 15) is 5.11 Å². The number of nitrogens with one attached hydrogen (secondary N) is 1. The molecule has 2 N–H and O–H groups in total. The molecule has 6 heteroatoms. The number of hydrogen-bond donors (Lipinski definition) is 2. The zero-order valence-corrected chi connectivity index (χ0v) is 17.6. The fraction of sp³-hybridized carbons (Fsp3) is 0.545. The topological polar surface area (TPSA) is 70.5 Å². The molecule has 2 heterocycles. The van der Waals surface area contributed by atoms with Crippen molar-refractivity contribution in [3.8, 4) is 5.75 Å². The molecule has 28 heavy (non-hydrogen) atoms. The first-order chi connectivity index (χ1) is 13.4. The second-order valence-corrected chi connectivity index (χ2v) is 8.11. The summed E-state index contributed by atoms with van der Waals surface area (Å²) in [5.41, 5.74) is 2.65. The lowest BCUT2D eigenvalue weighted by atomic mass is 9.99. The Labute approximate surface area is 168 Å². The van der Waals surface area contributed by atoms with Gasteiger partial charge in [-0.15, -0.1) is 0 Å². The third kappa shape index (κ3) is 4.55. The van der Waals surface area contributed by atoms with E-state index in [-0.39, 0.29) is 18.6 Å². The predicted molar refractivity (Wildman–Crippen MR) is 113 cm³/mol. The summed E-state index contributed by atoms with van der Waals surface area (Å²) < 4.78 is 5.35. The Hall–Kier alpha value is -2.34. The lowest BCUT2D eigenvalue weighted by Gasteiger charge is -2.31. The SMILES string of the molecule is COc1ccc2c(c1)CCN(c1cc(N[C@H](CO)C(C)C)nc(C(C)C)n1)C2. The van der Waals surface area contributed by atoms with Crippen molar-refractivity contribution >= 4 is 11.6 Å². The molecule has 1 aliphatic heterocycles. The molecule has 0 unspecified atom stereocenters. The maximum absolute atomic E-state index is 9.68. The number of aliphatic hydroxyl groups is 1. The van der Waals surface area contributed by atoms with Crippen LogP contribution in [0, 0.1) is 5.92 Å². The maximum atomic E-state index is 9.68. The third-order valence-electron chi connectivity index (χ3n) is 5.33. The van der Waals surface area contributed by atoms with Crippen molar-refractivity contribution in [2.45, 2.75) is 52.6 Å². The standard InChI is InChI=1S/C22H32N4O2/c1-14(2)19(13-27)23-20-11-21(25-22(24-20)15(3)4)26-9-8-16-10-18(28-5)7-6-17(16)12-26/h6-7,10-11,14-15,19,27H,8-9,12-13H2,1-5H3,(H,23,24,25)/t19-/m1/s1. The molecule has 0 saturated carbocycles. The van der Waals surface area contributed by atoms with Gasteiger partial charge in [0, 0.05) is 25.1 Å². The van der Waals surface area contributed by atoms with Gasteiger partial charge in [0.15, 0.2) is 0 Å². The molecule has 0 aliphatic carbocycles. The average Bonchev–Trinajstić information content (AvgIpc) is 2.70. The van der Waals surface area contributed by atoms with E-state index in [0.29, 0.717) is 5.92 Å². The van der Waals surface area contributed by atoms with Crippen LogP contribution >= 0.6 is 0 Å². The molecule has 6 nitrogen and oxygen atoms in total. The van der Waals surface area contributed by atoms with E-state index >= 15 is 0 Å². The van der Waals surface area contributed by atoms with Crippen LogP contribution in [0.2, 0.25) is 0 Å². The van der Waals surface area contributed by atoms with Gasteiger partial charge in [0.05, 0.1) is 19.8 Å². The summed E-state index contributed by atoms with van der Waals surface area (Å²) >= 11 is 0. The fourth-order valence-electron chi connectivity index (χ4n) is 3.41. The molecule has 3 rings (SSSR count). The molecule has 1 aromatic heterocycles. The Bertz CT molecular complexity index is 807. The summed E-state index contributed by atoms with van der Waals surface area (Å²) in [6.07, 6.45) is 0.960. The van der Waals surface area contributed by atoms with Crippen LogP contribution in [0.1, 0.15) is 50.6 Å². The highest BCUT2D eigenvalue weighted by atomic mass is 16.5. The molecule has 0 bridgehead atoms. The van der Waals surface area contributed by atoms with Gasteiger partial charge in [0.2, 0.25) is 0 Å². The number of aromatic nitrogens is 2. The lowest BCUT2D eigenvalue weighted by Crippen LogP contribution is -2.33. The van der Waals surface area contributed by atoms with Gasteiger partial charge in [-0.25, -0.2) is 9.97 Å². The zero-order valence-electron chi connectivity index (χ0n) is 17.6. The number of rotatable bonds is 7. The van der Waals surface area contributed by atoms with Crippen LogP contribution in [0.4, 0.5) is 11.6 Å². The van der Waals surface area contributed by atoms with E-state index in [1.54, 1.807) is 7.11 Å². The highest BCUT2D eigenvalue weighted by Crippen LogP contribution is 2.28. The Kier molecular flexibility index (Phi) is 6.39. The van der Waals surface area contributed by atoms with Crippen molar-refractivity contribution < 1.29 is 9.84 Å². The van der Waals surface area contributed by atoms with E-state index in [1.165, 1.54) is 11.1 Å². The highest BCUT2D eigenvalue weighted by molar-refractivity contribution is 5.52. The van der Waals surface area contributed by atoms with Crippen molar-refractivity contribution in [3.05, 3.63) is 41.2 Å². The summed E-state index contributed by atoms with van der Waals surface area (Å²) in [6, 6.07) is 8.27. The Morgan fingerprint density at radius 2 is 1.93 bits per heavy atom. The minimum absolute atomic E-state index is 0.0303. The Balaban J connectivity index is 1.88. The number of methoxy groups -OCH3 is 1. The van der Waals surface area contributed by atoms with Crippen LogP contribution in [0.15, 0.2) is 24.3 Å². The summed E-state index contributed by atoms with van der Waals surface area (Å²) in [7, 11) is 1.70. The summed E-state index contributed by atoms with van der Waals surface area (Å²) in [6.45, 7) is 10.2. The smallest absolute Gasteiger partial charge is 0.135 e. The summed E-state index contributed by atoms with van der Waals surface area (Å²) in [4.78, 5) is 11.8. The van der Waals surface area contributed by atoms with Gasteiger partial charge < -0.3 is 20.1 Å². The van der Waals surface area contributed by atoms with Crippen molar-refractivity contribution in [1.82, 2.24) is 9.97 Å². The summed E-state index contributed by atoms with van der Waals surface area (Å²) in [5, 5.41) is 13.1. The number of aliphatic hydroxyl groups excluding tert-OH is 1. The van der Waals surface area contributed by atoms with Gasteiger partial charge >= 0.3 is 0 Å². The number of fused-ring (bicyclic) bond motifs is 1. The molecule has 0 amide bonds. The van der Waals surface area contributed by atoms with Gasteiger partial charge in [0.1, 0.15) is 23.2 Å². The molecular weight excluding hydrogens is 352 g/mol. The number of ether oxygens (including phenoxy) is 1. The van der Waals surface area contributed by atoms with Gasteiger partial charge in [0.25, 0.3) is 0 Å². The number of nitrogens with zero attached hydrogens (tertiary/aromatic N) is 3. The molecule has 0 fully saturated rings. The third-order valence-corrected chi connectivity index (χ3v) is 5.33. The second kappa shape index (κ2) is 8.78.